The summed E-state index contributed by atoms with van der Waals surface area (Å²) in [5.41, 5.74) is 3.15. The standard InChI is InChI=1S/C27H18ClFN2O3/c28-27-21(4-3-6-24(27)23-5-1-2-7-25(23)29)17-33-22-9-8-20(15-32)26(11-22)34-16-19-10-18(12-30)13-31-14-19/h1-11,13-15H,16-17H2. The number of benzene rings is 3. The Morgan fingerprint density at radius 1 is 0.971 bits per heavy atom. The highest BCUT2D eigenvalue weighted by molar-refractivity contribution is 6.34. The van der Waals surface area contributed by atoms with Gasteiger partial charge in [-0.25, -0.2) is 4.39 Å². The van der Waals surface area contributed by atoms with E-state index in [2.05, 4.69) is 4.98 Å². The molecule has 168 valence electrons. The van der Waals surface area contributed by atoms with Gasteiger partial charge in [0.2, 0.25) is 0 Å². The Kier molecular flexibility index (Phi) is 7.16. The minimum atomic E-state index is -0.357. The number of halogens is 2. The van der Waals surface area contributed by atoms with Gasteiger partial charge in [-0.05, 0) is 24.3 Å². The van der Waals surface area contributed by atoms with Gasteiger partial charge >= 0.3 is 0 Å². The van der Waals surface area contributed by atoms with Crippen molar-refractivity contribution in [1.82, 2.24) is 4.98 Å². The number of aromatic nitrogens is 1. The second-order valence-electron chi connectivity index (χ2n) is 7.35. The fourth-order valence-corrected chi connectivity index (χ4v) is 3.64. The summed E-state index contributed by atoms with van der Waals surface area (Å²) in [6.45, 7) is 0.262. The third-order valence-electron chi connectivity index (χ3n) is 5.07. The van der Waals surface area contributed by atoms with Crippen LogP contribution in [0.3, 0.4) is 0 Å². The predicted molar refractivity (Wildman–Crippen MR) is 126 cm³/mol. The van der Waals surface area contributed by atoms with E-state index >= 15 is 0 Å². The molecule has 0 unspecified atom stereocenters. The van der Waals surface area contributed by atoms with Crippen molar-refractivity contribution in [2.45, 2.75) is 13.2 Å². The quantitative estimate of drug-likeness (QED) is 0.278. The van der Waals surface area contributed by atoms with Crippen LogP contribution in [0.25, 0.3) is 11.1 Å². The number of aldehydes is 1. The summed E-state index contributed by atoms with van der Waals surface area (Å²) in [4.78, 5) is 15.5. The van der Waals surface area contributed by atoms with Crippen LogP contribution in [0.1, 0.15) is 27.0 Å². The fraction of sp³-hybridized carbons (Fsp3) is 0.0741. The Labute approximate surface area is 201 Å². The molecule has 0 atom stereocenters. The van der Waals surface area contributed by atoms with Crippen LogP contribution in [-0.4, -0.2) is 11.3 Å². The van der Waals surface area contributed by atoms with E-state index in [-0.39, 0.29) is 19.0 Å². The zero-order valence-electron chi connectivity index (χ0n) is 17.9. The second kappa shape index (κ2) is 10.6. The summed E-state index contributed by atoms with van der Waals surface area (Å²) < 4.78 is 25.9. The van der Waals surface area contributed by atoms with E-state index in [0.717, 1.165) is 0 Å². The minimum Gasteiger partial charge on any atom is -0.489 e. The Bertz CT molecular complexity index is 1380. The smallest absolute Gasteiger partial charge is 0.153 e. The summed E-state index contributed by atoms with van der Waals surface area (Å²) in [5, 5.41) is 9.41. The van der Waals surface area contributed by atoms with E-state index in [1.54, 1.807) is 66.9 Å². The van der Waals surface area contributed by atoms with E-state index in [4.69, 9.17) is 26.3 Å². The van der Waals surface area contributed by atoms with Crippen molar-refractivity contribution in [2.75, 3.05) is 0 Å². The van der Waals surface area contributed by atoms with Crippen LogP contribution < -0.4 is 9.47 Å². The molecule has 0 fully saturated rings. The largest absolute Gasteiger partial charge is 0.489 e. The van der Waals surface area contributed by atoms with Gasteiger partial charge in [0.15, 0.2) is 6.29 Å². The summed E-state index contributed by atoms with van der Waals surface area (Å²) in [5.74, 6) is 0.446. The summed E-state index contributed by atoms with van der Waals surface area (Å²) in [7, 11) is 0. The number of ether oxygens (including phenoxy) is 2. The zero-order chi connectivity index (χ0) is 23.9. The molecule has 0 N–H and O–H groups in total. The topological polar surface area (TPSA) is 72.2 Å². The Balaban J connectivity index is 1.51. The van der Waals surface area contributed by atoms with E-state index in [1.165, 1.54) is 12.3 Å². The maximum atomic E-state index is 14.2. The highest BCUT2D eigenvalue weighted by Crippen LogP contribution is 2.33. The average molecular weight is 473 g/mol. The zero-order valence-corrected chi connectivity index (χ0v) is 18.6. The van der Waals surface area contributed by atoms with Gasteiger partial charge in [-0.15, -0.1) is 0 Å². The molecule has 5 nitrogen and oxygen atoms in total. The lowest BCUT2D eigenvalue weighted by atomic mass is 10.0. The average Bonchev–Trinajstić information content (AvgIpc) is 2.87. The first-order valence-electron chi connectivity index (χ1n) is 10.3. The highest BCUT2D eigenvalue weighted by Gasteiger charge is 2.13. The lowest BCUT2D eigenvalue weighted by Crippen LogP contribution is -2.01. The molecular weight excluding hydrogens is 455 g/mol. The van der Waals surface area contributed by atoms with Crippen LogP contribution >= 0.6 is 11.6 Å². The Hall–Kier alpha value is -4.21. The van der Waals surface area contributed by atoms with Gasteiger partial charge in [0, 0.05) is 40.7 Å². The molecule has 4 aromatic rings. The maximum absolute atomic E-state index is 14.2. The maximum Gasteiger partial charge on any atom is 0.153 e. The van der Waals surface area contributed by atoms with Crippen molar-refractivity contribution < 1.29 is 18.7 Å². The summed E-state index contributed by atoms with van der Waals surface area (Å²) in [6, 6.07) is 20.3. The molecule has 0 aliphatic rings. The van der Waals surface area contributed by atoms with Crippen LogP contribution in [0, 0.1) is 17.1 Å². The van der Waals surface area contributed by atoms with Crippen LogP contribution in [-0.2, 0) is 13.2 Å². The second-order valence-corrected chi connectivity index (χ2v) is 7.72. The van der Waals surface area contributed by atoms with Crippen molar-refractivity contribution in [3.05, 3.63) is 112 Å². The molecule has 0 bridgehead atoms. The third-order valence-corrected chi connectivity index (χ3v) is 5.51. The van der Waals surface area contributed by atoms with Crippen LogP contribution in [0.4, 0.5) is 4.39 Å². The molecule has 0 saturated carbocycles. The molecule has 0 aliphatic heterocycles. The van der Waals surface area contributed by atoms with E-state index in [1.807, 2.05) is 6.07 Å². The van der Waals surface area contributed by atoms with Crippen LogP contribution in [0.15, 0.2) is 79.1 Å². The van der Waals surface area contributed by atoms with Gasteiger partial charge in [0.05, 0.1) is 16.1 Å². The Morgan fingerprint density at radius 2 is 1.79 bits per heavy atom. The molecule has 4 rings (SSSR count). The van der Waals surface area contributed by atoms with Gasteiger partial charge in [0.25, 0.3) is 0 Å². The van der Waals surface area contributed by atoms with E-state index in [9.17, 15) is 9.18 Å². The third kappa shape index (κ3) is 5.22. The molecule has 0 amide bonds. The first kappa shape index (κ1) is 23.0. The fourth-order valence-electron chi connectivity index (χ4n) is 3.36. The predicted octanol–water partition coefficient (Wildman–Crippen LogP) is 6.38. The van der Waals surface area contributed by atoms with Gasteiger partial charge in [-0.1, -0.05) is 48.0 Å². The molecule has 0 radical (unpaired) electrons. The van der Waals surface area contributed by atoms with Crippen molar-refractivity contribution in [3.63, 3.8) is 0 Å². The number of carbonyl (C=O) groups excluding carboxylic acids is 1. The number of pyridine rings is 1. The van der Waals surface area contributed by atoms with Gasteiger partial charge in [-0.2, -0.15) is 5.26 Å². The first-order chi connectivity index (χ1) is 16.6. The van der Waals surface area contributed by atoms with Crippen molar-refractivity contribution in [2.24, 2.45) is 0 Å². The minimum absolute atomic E-state index is 0.128. The van der Waals surface area contributed by atoms with Gasteiger partial charge in [-0.3, -0.25) is 9.78 Å². The Morgan fingerprint density at radius 3 is 2.59 bits per heavy atom. The number of rotatable bonds is 8. The van der Waals surface area contributed by atoms with Crippen LogP contribution in [0.5, 0.6) is 11.5 Å². The molecule has 3 aromatic carbocycles. The van der Waals surface area contributed by atoms with Crippen molar-refractivity contribution in [3.8, 4) is 28.7 Å². The molecule has 0 spiro atoms. The summed E-state index contributed by atoms with van der Waals surface area (Å²) in [6.07, 6.45) is 3.74. The molecule has 7 heteroatoms. The van der Waals surface area contributed by atoms with Crippen LogP contribution in [0.2, 0.25) is 5.02 Å². The molecule has 1 aromatic heterocycles. The molecule has 0 saturated heterocycles. The molecule has 1 heterocycles. The summed E-state index contributed by atoms with van der Waals surface area (Å²) >= 11 is 6.56. The highest BCUT2D eigenvalue weighted by atomic mass is 35.5. The van der Waals surface area contributed by atoms with E-state index < -0.39 is 0 Å². The van der Waals surface area contributed by atoms with Gasteiger partial charge in [0.1, 0.15) is 36.6 Å². The SMILES string of the molecule is N#Cc1cncc(COc2cc(OCc3cccc(-c4ccccc4F)c3Cl)ccc2C=O)c1. The van der Waals surface area contributed by atoms with Crippen molar-refractivity contribution in [1.29, 1.82) is 5.26 Å². The molecular formula is C27H18ClFN2O3. The number of nitrogens with zero attached hydrogens (tertiary/aromatic N) is 2. The molecule has 0 aliphatic carbocycles. The molecule has 34 heavy (non-hydrogen) atoms. The lowest BCUT2D eigenvalue weighted by Gasteiger charge is -2.14. The number of hydrogen-bond acceptors (Lipinski definition) is 5. The van der Waals surface area contributed by atoms with Crippen molar-refractivity contribution >= 4 is 17.9 Å². The lowest BCUT2D eigenvalue weighted by molar-refractivity contribution is 0.111. The van der Waals surface area contributed by atoms with Gasteiger partial charge < -0.3 is 9.47 Å². The number of nitriles is 1. The van der Waals surface area contributed by atoms with E-state index in [0.29, 0.717) is 56.2 Å². The normalized spacial score (nSPS) is 10.4. The monoisotopic (exact) mass is 472 g/mol. The number of hydrogen-bond donors (Lipinski definition) is 0. The first-order valence-corrected chi connectivity index (χ1v) is 10.7. The number of carbonyl (C=O) groups is 1.